The van der Waals surface area contributed by atoms with E-state index in [1.807, 2.05) is 19.1 Å². The molecule has 1 saturated heterocycles. The smallest absolute Gasteiger partial charge is 0.228 e. The van der Waals surface area contributed by atoms with Crippen LogP contribution in [-0.4, -0.2) is 75.2 Å². The van der Waals surface area contributed by atoms with Crippen LogP contribution in [0.4, 0.5) is 11.5 Å². The third-order valence-electron chi connectivity index (χ3n) is 8.52. The Morgan fingerprint density at radius 3 is 2.72 bits per heavy atom. The number of carbonyl (C=O) groups is 1. The second kappa shape index (κ2) is 8.61. The van der Waals surface area contributed by atoms with Gasteiger partial charge in [-0.2, -0.15) is 0 Å². The second-order valence-electron chi connectivity index (χ2n) is 11.1. The SMILES string of the molecule is CC1(O)CC(N2C(=O)CCc3cc(OCCN4CCC5(CC4)c4cc(O)ccc4NC5O)cnc32)C1. The van der Waals surface area contributed by atoms with Crippen molar-refractivity contribution in [1.29, 1.82) is 0 Å². The van der Waals surface area contributed by atoms with Crippen LogP contribution in [0.3, 0.4) is 0 Å². The number of amides is 1. The van der Waals surface area contributed by atoms with Crippen molar-refractivity contribution in [2.75, 3.05) is 36.5 Å². The summed E-state index contributed by atoms with van der Waals surface area (Å²) in [5.74, 6) is 1.71. The minimum absolute atomic E-state index is 0.0118. The number of benzene rings is 1. The van der Waals surface area contributed by atoms with Crippen LogP contribution in [0.2, 0.25) is 0 Å². The first-order chi connectivity index (χ1) is 17.2. The predicted molar refractivity (Wildman–Crippen MR) is 134 cm³/mol. The van der Waals surface area contributed by atoms with Crippen LogP contribution in [0.15, 0.2) is 30.5 Å². The summed E-state index contributed by atoms with van der Waals surface area (Å²) in [4.78, 5) is 21.3. The number of pyridine rings is 1. The van der Waals surface area contributed by atoms with E-state index in [-0.39, 0.29) is 23.1 Å². The van der Waals surface area contributed by atoms with Gasteiger partial charge in [0.25, 0.3) is 0 Å². The Labute approximate surface area is 210 Å². The van der Waals surface area contributed by atoms with Crippen molar-refractivity contribution in [1.82, 2.24) is 9.88 Å². The van der Waals surface area contributed by atoms with Crippen molar-refractivity contribution in [2.24, 2.45) is 0 Å². The number of phenols is 1. The standard InChI is InChI=1S/C27H34N4O5/c1-26(35)14-18(15-26)31-23(33)5-2-17-12-20(16-28-24(17)31)36-11-10-30-8-6-27(7-9-30)21-13-19(32)3-4-22(21)29-25(27)34/h3-4,12-13,16,18,25,29,32,34-35H,2,5-11,14-15H2,1H3. The molecule has 1 aliphatic carbocycles. The predicted octanol–water partition coefficient (Wildman–Crippen LogP) is 2.14. The number of likely N-dealkylation sites (tertiary alicyclic amines) is 1. The molecule has 4 aliphatic rings. The lowest BCUT2D eigenvalue weighted by atomic mass is 9.73. The zero-order chi connectivity index (χ0) is 25.1. The molecule has 0 bridgehead atoms. The van der Waals surface area contributed by atoms with Gasteiger partial charge in [-0.15, -0.1) is 0 Å². The molecule has 1 saturated carbocycles. The van der Waals surface area contributed by atoms with Crippen LogP contribution >= 0.6 is 0 Å². The van der Waals surface area contributed by atoms with Gasteiger partial charge in [0.05, 0.1) is 11.8 Å². The molecular weight excluding hydrogens is 460 g/mol. The second-order valence-corrected chi connectivity index (χ2v) is 11.1. The fraction of sp³-hybridized carbons (Fsp3) is 0.556. The number of phenolic OH excluding ortho intramolecular Hbond substituents is 1. The number of aromatic hydroxyl groups is 1. The molecule has 2 aromatic rings. The molecule has 4 heterocycles. The van der Waals surface area contributed by atoms with E-state index in [0.717, 1.165) is 49.3 Å². The highest BCUT2D eigenvalue weighted by atomic mass is 16.5. The molecule has 6 rings (SSSR count). The number of hydrogen-bond acceptors (Lipinski definition) is 8. The molecular formula is C27H34N4O5. The number of nitrogens with one attached hydrogen (secondary N) is 1. The zero-order valence-corrected chi connectivity index (χ0v) is 20.6. The number of piperidine rings is 1. The third-order valence-corrected chi connectivity index (χ3v) is 8.52. The van der Waals surface area contributed by atoms with Crippen molar-refractivity contribution in [3.8, 4) is 11.5 Å². The normalized spacial score (nSPS) is 28.9. The highest BCUT2D eigenvalue weighted by Crippen LogP contribution is 2.48. The van der Waals surface area contributed by atoms with Crippen molar-refractivity contribution < 1.29 is 24.9 Å². The van der Waals surface area contributed by atoms with E-state index < -0.39 is 11.8 Å². The van der Waals surface area contributed by atoms with E-state index in [1.165, 1.54) is 0 Å². The number of rotatable bonds is 5. The number of hydrogen-bond donors (Lipinski definition) is 4. The van der Waals surface area contributed by atoms with Crippen LogP contribution in [0.5, 0.6) is 11.5 Å². The van der Waals surface area contributed by atoms with Gasteiger partial charge in [-0.05, 0) is 87.5 Å². The maximum Gasteiger partial charge on any atom is 0.228 e. The average Bonchev–Trinajstić information content (AvgIpc) is 3.09. The molecule has 36 heavy (non-hydrogen) atoms. The van der Waals surface area contributed by atoms with E-state index in [1.54, 1.807) is 23.2 Å². The highest BCUT2D eigenvalue weighted by molar-refractivity contribution is 5.96. The highest BCUT2D eigenvalue weighted by Gasteiger charge is 2.48. The lowest BCUT2D eigenvalue weighted by Crippen LogP contribution is -2.57. The van der Waals surface area contributed by atoms with Crippen molar-refractivity contribution >= 4 is 17.4 Å². The van der Waals surface area contributed by atoms with Gasteiger partial charge in [-0.25, -0.2) is 4.98 Å². The summed E-state index contributed by atoms with van der Waals surface area (Å²) >= 11 is 0. The molecule has 0 radical (unpaired) electrons. The van der Waals surface area contributed by atoms with Gasteiger partial charge in [0, 0.05) is 30.1 Å². The van der Waals surface area contributed by atoms with Crippen LogP contribution in [0.25, 0.3) is 0 Å². The monoisotopic (exact) mass is 494 g/mol. The number of fused-ring (bicyclic) bond motifs is 3. The van der Waals surface area contributed by atoms with Gasteiger partial charge >= 0.3 is 0 Å². The summed E-state index contributed by atoms with van der Waals surface area (Å²) in [6, 6.07) is 7.27. The van der Waals surface area contributed by atoms with Crippen molar-refractivity contribution in [3.05, 3.63) is 41.6 Å². The van der Waals surface area contributed by atoms with E-state index in [9.17, 15) is 20.1 Å². The van der Waals surface area contributed by atoms with Gasteiger partial charge in [0.1, 0.15) is 30.2 Å². The third kappa shape index (κ3) is 3.99. The fourth-order valence-electron chi connectivity index (χ4n) is 6.47. The van der Waals surface area contributed by atoms with Crippen molar-refractivity contribution in [3.63, 3.8) is 0 Å². The minimum Gasteiger partial charge on any atom is -0.508 e. The first-order valence-electron chi connectivity index (χ1n) is 12.9. The number of nitrogens with zero attached hydrogens (tertiary/aromatic N) is 3. The lowest BCUT2D eigenvalue weighted by Gasteiger charge is -2.47. The Morgan fingerprint density at radius 2 is 1.97 bits per heavy atom. The summed E-state index contributed by atoms with van der Waals surface area (Å²) in [7, 11) is 0. The molecule has 4 N–H and O–H groups in total. The maximum absolute atomic E-state index is 12.6. The minimum atomic E-state index is -0.697. The molecule has 1 spiro atoms. The van der Waals surface area contributed by atoms with Gasteiger partial charge < -0.3 is 25.4 Å². The van der Waals surface area contributed by atoms with Crippen LogP contribution in [0, 0.1) is 0 Å². The number of aliphatic hydroxyl groups is 2. The molecule has 3 aliphatic heterocycles. The zero-order valence-electron chi connectivity index (χ0n) is 20.6. The summed E-state index contributed by atoms with van der Waals surface area (Å²) in [5.41, 5.74) is 1.86. The van der Waals surface area contributed by atoms with Crippen LogP contribution in [0.1, 0.15) is 50.2 Å². The van der Waals surface area contributed by atoms with Gasteiger partial charge in [0.2, 0.25) is 5.91 Å². The number of aryl methyl sites for hydroxylation is 1. The topological polar surface area (TPSA) is 118 Å². The van der Waals surface area contributed by atoms with E-state index in [2.05, 4.69) is 15.2 Å². The number of aromatic nitrogens is 1. The van der Waals surface area contributed by atoms with Gasteiger partial charge in [-0.3, -0.25) is 14.6 Å². The Hall–Kier alpha value is -2.88. The van der Waals surface area contributed by atoms with Gasteiger partial charge in [-0.1, -0.05) is 0 Å². The Morgan fingerprint density at radius 1 is 1.19 bits per heavy atom. The summed E-state index contributed by atoms with van der Waals surface area (Å²) in [6.07, 6.45) is 4.91. The molecule has 1 unspecified atom stereocenters. The lowest BCUT2D eigenvalue weighted by molar-refractivity contribution is -0.121. The molecule has 1 atom stereocenters. The molecule has 192 valence electrons. The summed E-state index contributed by atoms with van der Waals surface area (Å²) in [5, 5.41) is 34.0. The summed E-state index contributed by atoms with van der Waals surface area (Å²) < 4.78 is 6.04. The average molecular weight is 495 g/mol. The molecule has 9 nitrogen and oxygen atoms in total. The first-order valence-corrected chi connectivity index (χ1v) is 12.9. The molecule has 2 fully saturated rings. The summed E-state index contributed by atoms with van der Waals surface area (Å²) in [6.45, 7) is 4.77. The largest absolute Gasteiger partial charge is 0.508 e. The molecule has 9 heteroatoms. The van der Waals surface area contributed by atoms with E-state index >= 15 is 0 Å². The van der Waals surface area contributed by atoms with Gasteiger partial charge in [0.15, 0.2) is 0 Å². The molecule has 1 amide bonds. The number of anilines is 2. The Bertz CT molecular complexity index is 1170. The maximum atomic E-state index is 12.6. The molecule has 1 aromatic heterocycles. The number of aliphatic hydroxyl groups excluding tert-OH is 1. The van der Waals surface area contributed by atoms with Crippen LogP contribution < -0.4 is 15.0 Å². The first kappa shape index (κ1) is 23.5. The Kier molecular flexibility index (Phi) is 5.62. The van der Waals surface area contributed by atoms with E-state index in [4.69, 9.17) is 4.74 Å². The molecule has 1 aromatic carbocycles. The fourth-order valence-corrected chi connectivity index (χ4v) is 6.47. The Balaban J connectivity index is 1.04. The van der Waals surface area contributed by atoms with E-state index in [0.29, 0.717) is 43.9 Å². The number of carbonyl (C=O) groups excluding carboxylic acids is 1. The van der Waals surface area contributed by atoms with Crippen LogP contribution in [-0.2, 0) is 16.6 Å². The quantitative estimate of drug-likeness (QED) is 0.467. The van der Waals surface area contributed by atoms with Crippen molar-refractivity contribution in [2.45, 2.75) is 68.7 Å². The number of ether oxygens (including phenoxy) is 1.